The minimum absolute atomic E-state index is 0.0147. The number of rotatable bonds is 6. The fraction of sp³-hybridized carbons (Fsp3) is 0.294. The Morgan fingerprint density at radius 1 is 0.852 bits per heavy atom. The molecule has 0 unspecified atom stereocenters. The van der Waals surface area contributed by atoms with Crippen molar-refractivity contribution >= 4 is 58.3 Å². The zero-order chi connectivity index (χ0) is 19.6. The molecule has 10 heteroatoms. The van der Waals surface area contributed by atoms with Gasteiger partial charge in [-0.1, -0.05) is 23.2 Å². The summed E-state index contributed by atoms with van der Waals surface area (Å²) in [5.41, 5.74) is 0.515. The van der Waals surface area contributed by atoms with Crippen LogP contribution in [0.15, 0.2) is 36.7 Å². The summed E-state index contributed by atoms with van der Waals surface area (Å²) in [5, 5.41) is 0.541. The molecule has 2 aromatic heterocycles. The van der Waals surface area contributed by atoms with Crippen molar-refractivity contribution in [1.29, 1.82) is 0 Å². The van der Waals surface area contributed by atoms with E-state index in [2.05, 4.69) is 9.97 Å². The number of carbonyl (C=O) groups is 2. The van der Waals surface area contributed by atoms with E-state index in [-0.39, 0.29) is 46.5 Å². The molecule has 2 atom stereocenters. The van der Waals surface area contributed by atoms with Crippen molar-refractivity contribution in [3.8, 4) is 0 Å². The van der Waals surface area contributed by atoms with E-state index < -0.39 is 16.3 Å². The molecular weight excluding hydrogens is 438 g/mol. The normalized spacial score (nSPS) is 20.0. The van der Waals surface area contributed by atoms with Gasteiger partial charge in [0.2, 0.25) is 0 Å². The monoisotopic (exact) mass is 448 g/mol. The molecule has 0 aromatic carbocycles. The van der Waals surface area contributed by atoms with E-state index in [0.717, 1.165) is 0 Å². The summed E-state index contributed by atoms with van der Waals surface area (Å²) in [5.74, 6) is -1.86. The molecule has 0 bridgehead atoms. The summed E-state index contributed by atoms with van der Waals surface area (Å²) in [4.78, 5) is 31.6. The molecule has 0 N–H and O–H groups in total. The Morgan fingerprint density at radius 2 is 1.26 bits per heavy atom. The quantitative estimate of drug-likeness (QED) is 0.373. The fourth-order valence-corrected chi connectivity index (χ4v) is 3.36. The van der Waals surface area contributed by atoms with Crippen molar-refractivity contribution in [2.75, 3.05) is 13.2 Å². The number of aromatic nitrogens is 2. The zero-order valence-corrected chi connectivity index (χ0v) is 16.6. The molecular formula is C17H12Cl4N2O4. The SMILES string of the molecule is O=C(OC[C@@H]1[C@H](COC(=O)c2ccc(Cl)nc2)C1(Cl)Cl)c1ccc(Cl)nc1. The minimum Gasteiger partial charge on any atom is -0.462 e. The highest BCUT2D eigenvalue weighted by Gasteiger charge is 2.64. The third kappa shape index (κ3) is 4.82. The number of esters is 2. The predicted octanol–water partition coefficient (Wildman–Crippen LogP) is 4.22. The highest BCUT2D eigenvalue weighted by molar-refractivity contribution is 6.51. The lowest BCUT2D eigenvalue weighted by molar-refractivity contribution is 0.0418. The van der Waals surface area contributed by atoms with E-state index in [1.165, 1.54) is 36.7 Å². The number of pyridine rings is 2. The van der Waals surface area contributed by atoms with Crippen molar-refractivity contribution in [2.45, 2.75) is 4.33 Å². The van der Waals surface area contributed by atoms with Crippen LogP contribution in [0.5, 0.6) is 0 Å². The van der Waals surface area contributed by atoms with Gasteiger partial charge < -0.3 is 9.47 Å². The molecule has 0 radical (unpaired) electrons. The standard InChI is InChI=1S/C17H12Cl4N2O4/c18-13-3-1-9(5-22-13)15(24)26-7-11-12(17(11,20)21)8-27-16(25)10-2-4-14(19)23-6-10/h1-6,11-12H,7-8H2/t11-,12+. The summed E-state index contributed by atoms with van der Waals surface area (Å²) in [6, 6.07) is 5.96. The van der Waals surface area contributed by atoms with Gasteiger partial charge in [-0.25, -0.2) is 19.6 Å². The molecule has 142 valence electrons. The van der Waals surface area contributed by atoms with Crippen molar-refractivity contribution in [2.24, 2.45) is 11.8 Å². The molecule has 3 rings (SSSR count). The second-order valence-electron chi connectivity index (χ2n) is 5.82. The number of alkyl halides is 2. The van der Waals surface area contributed by atoms with E-state index in [1.807, 2.05) is 0 Å². The van der Waals surface area contributed by atoms with Gasteiger partial charge in [0.25, 0.3) is 0 Å². The maximum absolute atomic E-state index is 12.0. The van der Waals surface area contributed by atoms with Crippen LogP contribution in [0.2, 0.25) is 10.3 Å². The van der Waals surface area contributed by atoms with Crippen LogP contribution in [0, 0.1) is 11.8 Å². The van der Waals surface area contributed by atoms with Gasteiger partial charge in [0, 0.05) is 24.2 Å². The van der Waals surface area contributed by atoms with Gasteiger partial charge in [0.05, 0.1) is 24.3 Å². The Kier molecular flexibility index (Phi) is 6.11. The van der Waals surface area contributed by atoms with Crippen LogP contribution in [0.1, 0.15) is 20.7 Å². The molecule has 0 aliphatic heterocycles. The number of nitrogens with zero attached hydrogens (tertiary/aromatic N) is 2. The lowest BCUT2D eigenvalue weighted by Gasteiger charge is -2.05. The Labute approximate surface area is 174 Å². The van der Waals surface area contributed by atoms with Gasteiger partial charge in [0.1, 0.15) is 14.6 Å². The third-order valence-electron chi connectivity index (χ3n) is 4.08. The van der Waals surface area contributed by atoms with E-state index in [4.69, 9.17) is 55.9 Å². The highest BCUT2D eigenvalue weighted by atomic mass is 35.5. The highest BCUT2D eigenvalue weighted by Crippen LogP contribution is 2.59. The van der Waals surface area contributed by atoms with Crippen LogP contribution >= 0.6 is 46.4 Å². The van der Waals surface area contributed by atoms with Crippen molar-refractivity contribution in [1.82, 2.24) is 9.97 Å². The molecule has 0 amide bonds. The lowest BCUT2D eigenvalue weighted by Crippen LogP contribution is -2.11. The smallest absolute Gasteiger partial charge is 0.339 e. The summed E-state index contributed by atoms with van der Waals surface area (Å²) < 4.78 is 9.27. The molecule has 0 saturated heterocycles. The number of halogens is 4. The zero-order valence-electron chi connectivity index (χ0n) is 13.6. The minimum atomic E-state index is -1.14. The molecule has 27 heavy (non-hydrogen) atoms. The summed E-state index contributed by atoms with van der Waals surface area (Å²) in [6.07, 6.45) is 2.62. The molecule has 2 heterocycles. The van der Waals surface area contributed by atoms with E-state index >= 15 is 0 Å². The first kappa shape index (κ1) is 20.1. The third-order valence-corrected chi connectivity index (χ3v) is 5.65. The summed E-state index contributed by atoms with van der Waals surface area (Å²) in [7, 11) is 0. The second kappa shape index (κ2) is 8.19. The first-order chi connectivity index (χ1) is 12.8. The second-order valence-corrected chi connectivity index (χ2v) is 8.04. The molecule has 1 saturated carbocycles. The maximum atomic E-state index is 12.0. The van der Waals surface area contributed by atoms with Gasteiger partial charge in [-0.2, -0.15) is 0 Å². The van der Waals surface area contributed by atoms with Crippen LogP contribution in [0.25, 0.3) is 0 Å². The number of hydrogen-bond acceptors (Lipinski definition) is 6. The Morgan fingerprint density at radius 3 is 1.59 bits per heavy atom. The average Bonchev–Trinajstić information content (AvgIpc) is 3.18. The van der Waals surface area contributed by atoms with Gasteiger partial charge in [0.15, 0.2) is 0 Å². The lowest BCUT2D eigenvalue weighted by atomic mass is 10.3. The van der Waals surface area contributed by atoms with E-state index in [9.17, 15) is 9.59 Å². The van der Waals surface area contributed by atoms with Gasteiger partial charge in [-0.15, -0.1) is 23.2 Å². The van der Waals surface area contributed by atoms with Crippen LogP contribution < -0.4 is 0 Å². The maximum Gasteiger partial charge on any atom is 0.339 e. The largest absolute Gasteiger partial charge is 0.462 e. The van der Waals surface area contributed by atoms with Gasteiger partial charge in [-0.05, 0) is 24.3 Å². The van der Waals surface area contributed by atoms with E-state index in [0.29, 0.717) is 0 Å². The Hall–Kier alpha value is -1.60. The molecule has 6 nitrogen and oxygen atoms in total. The van der Waals surface area contributed by atoms with Crippen LogP contribution in [-0.2, 0) is 9.47 Å². The number of hydrogen-bond donors (Lipinski definition) is 0. The first-order valence-corrected chi connectivity index (χ1v) is 9.25. The Balaban J connectivity index is 1.49. The molecule has 1 aliphatic carbocycles. The number of carbonyl (C=O) groups excluding carboxylic acids is 2. The van der Waals surface area contributed by atoms with Crippen LogP contribution in [-0.4, -0.2) is 39.5 Å². The van der Waals surface area contributed by atoms with Crippen LogP contribution in [0.4, 0.5) is 0 Å². The first-order valence-electron chi connectivity index (χ1n) is 7.74. The Bertz CT molecular complexity index is 774. The topological polar surface area (TPSA) is 78.4 Å². The molecule has 2 aromatic rings. The fourth-order valence-electron chi connectivity index (χ4n) is 2.41. The average molecular weight is 450 g/mol. The predicted molar refractivity (Wildman–Crippen MR) is 100 cm³/mol. The molecule has 1 fully saturated rings. The van der Waals surface area contributed by atoms with Crippen molar-refractivity contribution in [3.05, 3.63) is 58.1 Å². The number of ether oxygens (including phenoxy) is 2. The summed E-state index contributed by atoms with van der Waals surface area (Å²) >= 11 is 23.7. The van der Waals surface area contributed by atoms with Crippen molar-refractivity contribution < 1.29 is 19.1 Å². The van der Waals surface area contributed by atoms with Gasteiger partial charge >= 0.3 is 11.9 Å². The van der Waals surface area contributed by atoms with Gasteiger partial charge in [-0.3, -0.25) is 0 Å². The van der Waals surface area contributed by atoms with Crippen LogP contribution in [0.3, 0.4) is 0 Å². The van der Waals surface area contributed by atoms with E-state index in [1.54, 1.807) is 0 Å². The molecule has 1 aliphatic rings. The summed E-state index contributed by atoms with van der Waals surface area (Å²) in [6.45, 7) is -0.0294. The molecule has 0 spiro atoms. The van der Waals surface area contributed by atoms with Crippen molar-refractivity contribution in [3.63, 3.8) is 0 Å².